The van der Waals surface area contributed by atoms with Crippen LogP contribution in [0.2, 0.25) is 0 Å². The number of rotatable bonds is 4. The van der Waals surface area contributed by atoms with Crippen LogP contribution in [0.3, 0.4) is 0 Å². The zero-order valence-electron chi connectivity index (χ0n) is 13.0. The topological polar surface area (TPSA) is 21.3 Å². The van der Waals surface area contributed by atoms with E-state index in [1.165, 1.54) is 30.4 Å². The van der Waals surface area contributed by atoms with E-state index >= 15 is 0 Å². The minimum atomic E-state index is 0.438. The number of benzene rings is 1. The summed E-state index contributed by atoms with van der Waals surface area (Å²) in [5.74, 6) is 1.09. The van der Waals surface area contributed by atoms with Gasteiger partial charge in [-0.05, 0) is 41.9 Å². The zero-order chi connectivity index (χ0) is 14.2. The molecule has 2 unspecified atom stereocenters. The molecule has 3 rings (SSSR count). The average molecular weight is 273 g/mol. The van der Waals surface area contributed by atoms with Gasteiger partial charge in [-0.25, -0.2) is 0 Å². The van der Waals surface area contributed by atoms with Gasteiger partial charge in [0.2, 0.25) is 0 Å². The van der Waals surface area contributed by atoms with Gasteiger partial charge in [-0.3, -0.25) is 0 Å². The fourth-order valence-corrected chi connectivity index (χ4v) is 3.75. The largest absolute Gasteiger partial charge is 0.493 e. The van der Waals surface area contributed by atoms with Gasteiger partial charge in [0.1, 0.15) is 5.75 Å². The van der Waals surface area contributed by atoms with Crippen LogP contribution in [-0.4, -0.2) is 12.6 Å². The zero-order valence-corrected chi connectivity index (χ0v) is 13.0. The molecular weight excluding hydrogens is 246 g/mol. The lowest BCUT2D eigenvalue weighted by atomic mass is 9.86. The Hall–Kier alpha value is -1.02. The van der Waals surface area contributed by atoms with Crippen molar-refractivity contribution in [1.82, 2.24) is 5.32 Å². The molecule has 2 atom stereocenters. The molecule has 1 heterocycles. The van der Waals surface area contributed by atoms with Crippen molar-refractivity contribution in [3.8, 4) is 5.75 Å². The van der Waals surface area contributed by atoms with E-state index in [9.17, 15) is 0 Å². The van der Waals surface area contributed by atoms with E-state index in [4.69, 9.17) is 4.74 Å². The highest BCUT2D eigenvalue weighted by atomic mass is 16.5. The summed E-state index contributed by atoms with van der Waals surface area (Å²) in [6, 6.07) is 7.88. The monoisotopic (exact) mass is 273 g/mol. The van der Waals surface area contributed by atoms with Crippen LogP contribution < -0.4 is 10.1 Å². The first-order valence-corrected chi connectivity index (χ1v) is 8.12. The molecule has 1 aromatic rings. The molecule has 0 radical (unpaired) electrons. The number of ether oxygens (including phenoxy) is 1. The third-order valence-corrected chi connectivity index (χ3v) is 5.18. The Bertz CT molecular complexity index is 480. The molecule has 1 fully saturated rings. The van der Waals surface area contributed by atoms with Crippen molar-refractivity contribution in [2.24, 2.45) is 5.41 Å². The van der Waals surface area contributed by atoms with Gasteiger partial charge in [0.25, 0.3) is 0 Å². The molecule has 2 heteroatoms. The first kappa shape index (κ1) is 13.9. The molecule has 110 valence electrons. The van der Waals surface area contributed by atoms with Crippen LogP contribution in [0.1, 0.15) is 63.6 Å². The van der Waals surface area contributed by atoms with Crippen LogP contribution in [0.15, 0.2) is 18.2 Å². The number of hydrogen-bond donors (Lipinski definition) is 1. The molecule has 20 heavy (non-hydrogen) atoms. The predicted molar refractivity (Wildman–Crippen MR) is 83.2 cm³/mol. The van der Waals surface area contributed by atoms with Gasteiger partial charge in [-0.2, -0.15) is 0 Å². The van der Waals surface area contributed by atoms with E-state index in [1.807, 2.05) is 0 Å². The summed E-state index contributed by atoms with van der Waals surface area (Å²) in [5.41, 5.74) is 3.25. The van der Waals surface area contributed by atoms with Crippen molar-refractivity contribution in [1.29, 1.82) is 0 Å². The van der Waals surface area contributed by atoms with E-state index in [-0.39, 0.29) is 0 Å². The first-order valence-electron chi connectivity index (χ1n) is 8.12. The van der Waals surface area contributed by atoms with Crippen LogP contribution in [0.4, 0.5) is 0 Å². The second-order valence-electron chi connectivity index (χ2n) is 7.03. The highest BCUT2D eigenvalue weighted by Gasteiger charge is 2.35. The molecule has 1 aliphatic heterocycles. The van der Waals surface area contributed by atoms with Gasteiger partial charge in [-0.15, -0.1) is 0 Å². The van der Waals surface area contributed by atoms with Crippen molar-refractivity contribution < 1.29 is 4.74 Å². The SMILES string of the molecule is CCC(NC1CCCC1(C)C)c1ccc2c(c1)CCO2. The maximum absolute atomic E-state index is 5.61. The lowest BCUT2D eigenvalue weighted by molar-refractivity contribution is 0.259. The molecule has 2 aliphatic rings. The van der Waals surface area contributed by atoms with E-state index in [2.05, 4.69) is 44.3 Å². The van der Waals surface area contributed by atoms with Crippen molar-refractivity contribution in [2.75, 3.05) is 6.61 Å². The van der Waals surface area contributed by atoms with Crippen LogP contribution in [0.25, 0.3) is 0 Å². The summed E-state index contributed by atoms with van der Waals surface area (Å²) in [5, 5.41) is 3.92. The molecule has 1 N–H and O–H groups in total. The Labute approximate surface area is 122 Å². The Morgan fingerprint density at radius 3 is 2.95 bits per heavy atom. The van der Waals surface area contributed by atoms with E-state index in [1.54, 1.807) is 0 Å². The number of fused-ring (bicyclic) bond motifs is 1. The maximum atomic E-state index is 5.61. The lowest BCUT2D eigenvalue weighted by Gasteiger charge is -2.32. The molecule has 1 aromatic carbocycles. The third kappa shape index (κ3) is 2.58. The van der Waals surface area contributed by atoms with E-state index < -0.39 is 0 Å². The van der Waals surface area contributed by atoms with Gasteiger partial charge in [0, 0.05) is 18.5 Å². The minimum Gasteiger partial charge on any atom is -0.493 e. The van der Waals surface area contributed by atoms with E-state index in [0.29, 0.717) is 17.5 Å². The molecule has 2 nitrogen and oxygen atoms in total. The van der Waals surface area contributed by atoms with Crippen molar-refractivity contribution >= 4 is 0 Å². The molecule has 1 aliphatic carbocycles. The second-order valence-corrected chi connectivity index (χ2v) is 7.03. The molecule has 0 spiro atoms. The van der Waals surface area contributed by atoms with Crippen LogP contribution in [0, 0.1) is 5.41 Å². The quantitative estimate of drug-likeness (QED) is 0.886. The lowest BCUT2D eigenvalue weighted by Crippen LogP contribution is -2.39. The van der Waals surface area contributed by atoms with Crippen molar-refractivity contribution in [3.05, 3.63) is 29.3 Å². The van der Waals surface area contributed by atoms with Crippen LogP contribution >= 0.6 is 0 Å². The van der Waals surface area contributed by atoms with Crippen LogP contribution in [-0.2, 0) is 6.42 Å². The molecule has 0 amide bonds. The molecular formula is C18H27NO. The average Bonchev–Trinajstić information content (AvgIpc) is 3.01. The van der Waals surface area contributed by atoms with Gasteiger partial charge in [-0.1, -0.05) is 39.3 Å². The van der Waals surface area contributed by atoms with Gasteiger partial charge in [0.15, 0.2) is 0 Å². The van der Waals surface area contributed by atoms with Crippen LogP contribution in [0.5, 0.6) is 5.75 Å². The Morgan fingerprint density at radius 2 is 2.25 bits per heavy atom. The van der Waals surface area contributed by atoms with E-state index in [0.717, 1.165) is 25.2 Å². The standard InChI is InChI=1S/C18H27NO/c1-4-15(19-17-6-5-10-18(17,2)3)13-7-8-16-14(12-13)9-11-20-16/h7-8,12,15,17,19H,4-6,9-11H2,1-3H3. The highest BCUT2D eigenvalue weighted by molar-refractivity contribution is 5.40. The Morgan fingerprint density at radius 1 is 1.40 bits per heavy atom. The normalized spacial score (nSPS) is 25.2. The second kappa shape index (κ2) is 5.40. The summed E-state index contributed by atoms with van der Waals surface area (Å²) >= 11 is 0. The molecule has 0 saturated heterocycles. The number of hydrogen-bond acceptors (Lipinski definition) is 2. The summed E-state index contributed by atoms with van der Waals surface area (Å²) in [6.07, 6.45) is 6.23. The van der Waals surface area contributed by atoms with Crippen molar-refractivity contribution in [3.63, 3.8) is 0 Å². The summed E-state index contributed by atoms with van der Waals surface area (Å²) in [7, 11) is 0. The van der Waals surface area contributed by atoms with Gasteiger partial charge >= 0.3 is 0 Å². The summed E-state index contributed by atoms with van der Waals surface area (Å²) in [4.78, 5) is 0. The molecule has 0 bridgehead atoms. The number of nitrogens with one attached hydrogen (secondary N) is 1. The fourth-order valence-electron chi connectivity index (χ4n) is 3.75. The molecule has 0 aromatic heterocycles. The Kier molecular flexibility index (Phi) is 3.76. The highest BCUT2D eigenvalue weighted by Crippen LogP contribution is 2.39. The molecule has 1 saturated carbocycles. The van der Waals surface area contributed by atoms with Gasteiger partial charge < -0.3 is 10.1 Å². The smallest absolute Gasteiger partial charge is 0.122 e. The predicted octanol–water partition coefficient (Wildman–Crippen LogP) is 4.24. The van der Waals surface area contributed by atoms with Gasteiger partial charge in [0.05, 0.1) is 6.61 Å². The summed E-state index contributed by atoms with van der Waals surface area (Å²) < 4.78 is 5.61. The summed E-state index contributed by atoms with van der Waals surface area (Å²) in [6.45, 7) is 7.93. The first-order chi connectivity index (χ1) is 9.60. The fraction of sp³-hybridized carbons (Fsp3) is 0.667. The third-order valence-electron chi connectivity index (χ3n) is 5.18. The minimum absolute atomic E-state index is 0.438. The van der Waals surface area contributed by atoms with Crippen molar-refractivity contribution in [2.45, 2.75) is 65.0 Å². The maximum Gasteiger partial charge on any atom is 0.122 e. The Balaban J connectivity index is 1.76.